The van der Waals surface area contributed by atoms with Gasteiger partial charge in [0.2, 0.25) is 11.7 Å². The average molecular weight is 359 g/mol. The van der Waals surface area contributed by atoms with Crippen molar-refractivity contribution in [2.75, 3.05) is 13.1 Å². The maximum absolute atomic E-state index is 5.46. The molecule has 2 N–H and O–H groups in total. The van der Waals surface area contributed by atoms with Gasteiger partial charge in [-0.25, -0.2) is 0 Å². The van der Waals surface area contributed by atoms with E-state index >= 15 is 0 Å². The number of hydrogen-bond donors (Lipinski definition) is 2. The standard InChI is InChI=1S/C21H21N5O/c1-3-16-17-9-14(20-25-21(27-26-20)15-10-22-11-15)4-5-18(17)24-19(16)13-6-7-23-12(2)8-13/h4-9,15,22,24H,3,10-11H2,1-2H3. The SMILES string of the molecule is CCc1c(-c2ccnc(C)c2)[nH]c2ccc(-c3noc(C4CNC4)n3)cc12. The quantitative estimate of drug-likeness (QED) is 0.579. The van der Waals surface area contributed by atoms with E-state index in [1.54, 1.807) is 0 Å². The van der Waals surface area contributed by atoms with E-state index in [9.17, 15) is 0 Å². The summed E-state index contributed by atoms with van der Waals surface area (Å²) in [6, 6.07) is 10.5. The molecular weight excluding hydrogens is 338 g/mol. The zero-order chi connectivity index (χ0) is 18.4. The van der Waals surface area contributed by atoms with E-state index in [1.807, 2.05) is 19.2 Å². The van der Waals surface area contributed by atoms with Crippen LogP contribution in [0.2, 0.25) is 0 Å². The van der Waals surface area contributed by atoms with Gasteiger partial charge in [0.15, 0.2) is 0 Å². The normalized spacial score (nSPS) is 14.6. The number of fused-ring (bicyclic) bond motifs is 1. The lowest BCUT2D eigenvalue weighted by atomic mass is 10.0. The Balaban J connectivity index is 1.59. The molecule has 136 valence electrons. The maximum atomic E-state index is 5.46. The van der Waals surface area contributed by atoms with Gasteiger partial charge in [0.25, 0.3) is 0 Å². The Morgan fingerprint density at radius 3 is 2.78 bits per heavy atom. The maximum Gasteiger partial charge on any atom is 0.232 e. The van der Waals surface area contributed by atoms with Crippen LogP contribution < -0.4 is 5.32 Å². The highest BCUT2D eigenvalue weighted by atomic mass is 16.5. The summed E-state index contributed by atoms with van der Waals surface area (Å²) in [5.41, 5.74) is 6.73. The molecule has 0 aliphatic carbocycles. The Labute approximate surface area is 157 Å². The van der Waals surface area contributed by atoms with Crippen molar-refractivity contribution in [2.24, 2.45) is 0 Å². The van der Waals surface area contributed by atoms with E-state index in [-0.39, 0.29) is 0 Å². The molecular formula is C21H21N5O. The fourth-order valence-electron chi connectivity index (χ4n) is 3.68. The number of pyridine rings is 1. The lowest BCUT2D eigenvalue weighted by Gasteiger charge is -2.22. The van der Waals surface area contributed by atoms with Crippen molar-refractivity contribution >= 4 is 10.9 Å². The van der Waals surface area contributed by atoms with E-state index in [0.717, 1.165) is 53.4 Å². The first-order valence-corrected chi connectivity index (χ1v) is 9.35. The van der Waals surface area contributed by atoms with Crippen LogP contribution in [0, 0.1) is 6.92 Å². The predicted molar refractivity (Wildman–Crippen MR) is 105 cm³/mol. The summed E-state index contributed by atoms with van der Waals surface area (Å²) in [7, 11) is 0. The largest absolute Gasteiger partial charge is 0.354 e. The number of aryl methyl sites for hydroxylation is 2. The zero-order valence-electron chi connectivity index (χ0n) is 15.4. The molecule has 6 heteroatoms. The van der Waals surface area contributed by atoms with Crippen LogP contribution in [0.25, 0.3) is 33.5 Å². The summed E-state index contributed by atoms with van der Waals surface area (Å²) in [6.45, 7) is 6.02. The molecule has 27 heavy (non-hydrogen) atoms. The lowest BCUT2D eigenvalue weighted by molar-refractivity contribution is 0.308. The lowest BCUT2D eigenvalue weighted by Crippen LogP contribution is -2.40. The molecule has 4 heterocycles. The highest BCUT2D eigenvalue weighted by molar-refractivity contribution is 5.93. The van der Waals surface area contributed by atoms with E-state index in [4.69, 9.17) is 4.52 Å². The molecule has 1 aliphatic heterocycles. The first-order valence-electron chi connectivity index (χ1n) is 9.35. The van der Waals surface area contributed by atoms with Crippen LogP contribution in [0.4, 0.5) is 0 Å². The van der Waals surface area contributed by atoms with Crippen molar-refractivity contribution in [1.29, 1.82) is 0 Å². The molecule has 0 saturated carbocycles. The monoisotopic (exact) mass is 359 g/mol. The van der Waals surface area contributed by atoms with Gasteiger partial charge in [-0.2, -0.15) is 4.98 Å². The van der Waals surface area contributed by atoms with Gasteiger partial charge >= 0.3 is 0 Å². The summed E-state index contributed by atoms with van der Waals surface area (Å²) >= 11 is 0. The molecule has 6 nitrogen and oxygen atoms in total. The summed E-state index contributed by atoms with van der Waals surface area (Å²) in [4.78, 5) is 12.5. The third-order valence-electron chi connectivity index (χ3n) is 5.28. The number of aromatic nitrogens is 4. The van der Waals surface area contributed by atoms with Crippen LogP contribution in [-0.2, 0) is 6.42 Å². The number of nitrogens with one attached hydrogen (secondary N) is 2. The zero-order valence-corrected chi connectivity index (χ0v) is 15.4. The number of aromatic amines is 1. The van der Waals surface area contributed by atoms with Gasteiger partial charge in [0.1, 0.15) is 0 Å². The number of rotatable bonds is 4. The summed E-state index contributed by atoms with van der Waals surface area (Å²) in [5.74, 6) is 1.72. The van der Waals surface area contributed by atoms with Crippen LogP contribution in [0.15, 0.2) is 41.1 Å². The average Bonchev–Trinajstić information content (AvgIpc) is 3.24. The van der Waals surface area contributed by atoms with Crippen LogP contribution in [0.5, 0.6) is 0 Å². The minimum Gasteiger partial charge on any atom is -0.354 e. The van der Waals surface area contributed by atoms with Crippen molar-refractivity contribution in [1.82, 2.24) is 25.4 Å². The fraction of sp³-hybridized carbons (Fsp3) is 0.286. The first-order chi connectivity index (χ1) is 13.2. The first kappa shape index (κ1) is 16.2. The van der Waals surface area contributed by atoms with Crippen LogP contribution >= 0.6 is 0 Å². The van der Waals surface area contributed by atoms with Crippen molar-refractivity contribution in [3.05, 3.63) is 53.7 Å². The Morgan fingerprint density at radius 2 is 2.04 bits per heavy atom. The molecule has 1 aliphatic rings. The van der Waals surface area contributed by atoms with Crippen LogP contribution in [0.3, 0.4) is 0 Å². The highest BCUT2D eigenvalue weighted by Crippen LogP contribution is 2.33. The van der Waals surface area contributed by atoms with Crippen LogP contribution in [-0.4, -0.2) is 33.2 Å². The molecule has 1 aromatic carbocycles. The Kier molecular flexibility index (Phi) is 3.79. The minimum atomic E-state index is 0.343. The van der Waals surface area contributed by atoms with Crippen LogP contribution in [0.1, 0.15) is 30.0 Å². The summed E-state index contributed by atoms with van der Waals surface area (Å²) in [6.07, 6.45) is 2.79. The van der Waals surface area contributed by atoms with Gasteiger partial charge in [0.05, 0.1) is 5.92 Å². The molecule has 0 unspecified atom stereocenters. The van der Waals surface area contributed by atoms with Gasteiger partial charge in [-0.1, -0.05) is 12.1 Å². The van der Waals surface area contributed by atoms with Gasteiger partial charge < -0.3 is 14.8 Å². The number of benzene rings is 1. The van der Waals surface area contributed by atoms with Crippen molar-refractivity contribution in [2.45, 2.75) is 26.2 Å². The smallest absolute Gasteiger partial charge is 0.232 e. The Bertz CT molecular complexity index is 1120. The molecule has 4 aromatic rings. The van der Waals surface area contributed by atoms with Gasteiger partial charge in [-0.05, 0) is 49.2 Å². The Morgan fingerprint density at radius 1 is 1.15 bits per heavy atom. The van der Waals surface area contributed by atoms with Gasteiger partial charge in [0, 0.05) is 52.7 Å². The number of hydrogen-bond acceptors (Lipinski definition) is 5. The summed E-state index contributed by atoms with van der Waals surface area (Å²) in [5, 5.41) is 8.63. The molecule has 1 saturated heterocycles. The third kappa shape index (κ3) is 2.73. The molecule has 0 atom stereocenters. The van der Waals surface area contributed by atoms with E-state index in [1.165, 1.54) is 10.9 Å². The van der Waals surface area contributed by atoms with Crippen molar-refractivity contribution in [3.63, 3.8) is 0 Å². The molecule has 1 fully saturated rings. The highest BCUT2D eigenvalue weighted by Gasteiger charge is 2.25. The van der Waals surface area contributed by atoms with E-state index in [0.29, 0.717) is 11.7 Å². The molecule has 0 radical (unpaired) electrons. The topological polar surface area (TPSA) is 79.6 Å². The van der Waals surface area contributed by atoms with Crippen molar-refractivity contribution in [3.8, 4) is 22.6 Å². The predicted octanol–water partition coefficient (Wildman–Crippen LogP) is 3.84. The third-order valence-corrected chi connectivity index (χ3v) is 5.28. The minimum absolute atomic E-state index is 0.343. The second-order valence-corrected chi connectivity index (χ2v) is 7.09. The van der Waals surface area contributed by atoms with Gasteiger partial charge in [-0.15, -0.1) is 0 Å². The molecule has 0 spiro atoms. The van der Waals surface area contributed by atoms with Gasteiger partial charge in [-0.3, -0.25) is 4.98 Å². The molecule has 0 amide bonds. The Hall–Kier alpha value is -2.99. The molecule has 5 rings (SSSR count). The van der Waals surface area contributed by atoms with E-state index < -0.39 is 0 Å². The fourth-order valence-corrected chi connectivity index (χ4v) is 3.68. The number of H-pyrrole nitrogens is 1. The molecule has 3 aromatic heterocycles. The number of nitrogens with zero attached hydrogens (tertiary/aromatic N) is 3. The second kappa shape index (κ2) is 6.32. The van der Waals surface area contributed by atoms with E-state index in [2.05, 4.69) is 56.6 Å². The second-order valence-electron chi connectivity index (χ2n) is 7.09. The molecule has 0 bridgehead atoms. The van der Waals surface area contributed by atoms with Crippen molar-refractivity contribution < 1.29 is 4.52 Å². The summed E-state index contributed by atoms with van der Waals surface area (Å²) < 4.78 is 5.46.